The Morgan fingerprint density at radius 3 is 1.35 bits per heavy atom. The molecule has 15 heterocycles. The number of nitrogens with zero attached hydrogens (tertiary/aromatic N) is 17. The number of anilines is 11. The van der Waals surface area contributed by atoms with Crippen molar-refractivity contribution in [1.82, 2.24) is 75.4 Å². The molecule has 0 bridgehead atoms. The second-order valence-corrected chi connectivity index (χ2v) is 43.8. The third-order valence-electron chi connectivity index (χ3n) is 17.3. The van der Waals surface area contributed by atoms with E-state index < -0.39 is 16.1 Å². The lowest BCUT2D eigenvalue weighted by Gasteiger charge is -2.22. The predicted octanol–water partition coefficient (Wildman–Crippen LogP) is 16.0. The SMILES string of the molecule is COc1cncc(N)c1.COc1cncc(Nc2cnc3ccc(N(COCC[Si](C)(C)C)c4nnc(CC5CCCO5)s4)nc3c2)c1.COc1cncc(Nc2cnc3ccc(Nc4nnc(CC5CCCO5)s4)nc3c2)c1.C[Si](C)(C)CCOCN(c1ccc2ncc(Br)cc2n1)c1nnc(CC2CCCO2)s1. The van der Waals surface area contributed by atoms with Crippen LogP contribution in [0.25, 0.3) is 33.1 Å². The van der Waals surface area contributed by atoms with Crippen molar-refractivity contribution in [3.8, 4) is 17.2 Å². The molecule has 0 amide bonds. The Kier molecular flexibility index (Phi) is 28.5. The third-order valence-corrected chi connectivity index (χ3v) is 24.0. The fourth-order valence-corrected chi connectivity index (χ4v) is 15.9. The minimum atomic E-state index is -1.21. The Morgan fingerprint density at radius 2 is 0.891 bits per heavy atom. The summed E-state index contributed by atoms with van der Waals surface area (Å²) < 4.78 is 45.7. The van der Waals surface area contributed by atoms with Crippen molar-refractivity contribution < 1.29 is 37.9 Å². The van der Waals surface area contributed by atoms with Crippen molar-refractivity contribution in [3.63, 3.8) is 0 Å². The highest BCUT2D eigenvalue weighted by atomic mass is 79.9. The summed E-state index contributed by atoms with van der Waals surface area (Å²) in [6.45, 7) is 18.8. The molecule has 0 saturated carbocycles. The molecule has 15 rings (SSSR count). The van der Waals surface area contributed by atoms with Crippen LogP contribution in [-0.4, -0.2) is 178 Å². The number of nitrogens with one attached hydrogen (secondary N) is 3. The van der Waals surface area contributed by atoms with Gasteiger partial charge in [-0.3, -0.25) is 39.7 Å². The number of methoxy groups -OCH3 is 3. The van der Waals surface area contributed by atoms with Gasteiger partial charge in [0.15, 0.2) is 0 Å². The summed E-state index contributed by atoms with van der Waals surface area (Å²) in [5, 5.41) is 41.4. The molecule has 3 fully saturated rings. The molecular weight excluding hydrogens is 1560 g/mol. The monoisotopic (exact) mass is 1650 g/mol. The standard InChI is InChI=1S/C27H35N7O3SSi.C21H28BrN5O2SSi.C21H21N7O2S.C6H8N2O/c1-35-22-12-19(15-28-17-22)30-20-13-24-23(29-16-20)7-8-25(31-24)34(18-36-10-11-39(2,3)4)27-33-32-26(38-27)14-21-6-5-9-37-21;1-31(2,3)10-9-28-14-27(19-7-6-17-18(24-19)11-15(22)13-23-17)21-26-25-20(30-21)12-16-5-4-8-29-16;1-29-16-7-13(10-22-12-16)24-14-8-18-17(23-11-14)4-5-19(25-18)26-21-28-27-20(31-21)9-15-3-2-6-30-15;1-9-6-2-5(7)3-8-4-6/h7-8,12-13,15-17,21,30H,5-6,9-11,14,18H2,1-4H3;6-7,11,13,16H,4-5,8-10,12,14H2,1-3H3;4-5,7-8,10-12,15,24H,2-3,6,9H2,1H3,(H,25,26,28);2-4H,7H2,1H3. The van der Waals surface area contributed by atoms with Gasteiger partial charge in [-0.25, -0.2) is 15.0 Å². The first-order valence-electron chi connectivity index (χ1n) is 36.3. The van der Waals surface area contributed by atoms with Crippen LogP contribution in [0.1, 0.15) is 53.5 Å². The largest absolute Gasteiger partial charge is 0.495 e. The zero-order chi connectivity index (χ0) is 76.8. The van der Waals surface area contributed by atoms with Gasteiger partial charge in [-0.2, -0.15) is 0 Å². The first kappa shape index (κ1) is 80.2. The molecule has 0 aliphatic carbocycles. The van der Waals surface area contributed by atoms with Crippen LogP contribution in [0.5, 0.6) is 17.2 Å². The molecular formula is C75H92BrN21O8S3Si2. The Bertz CT molecular complexity index is 4930. The van der Waals surface area contributed by atoms with Gasteiger partial charge in [-0.05, 0) is 121 Å². The lowest BCUT2D eigenvalue weighted by atomic mass is 10.2. The molecule has 35 heteroatoms. The zero-order valence-electron chi connectivity index (χ0n) is 63.1. The highest BCUT2D eigenvalue weighted by molar-refractivity contribution is 9.10. The van der Waals surface area contributed by atoms with Gasteiger partial charge >= 0.3 is 0 Å². The third kappa shape index (κ3) is 24.4. The Hall–Kier alpha value is -9.28. The van der Waals surface area contributed by atoms with Crippen molar-refractivity contribution in [2.75, 3.05) is 99.3 Å². The summed E-state index contributed by atoms with van der Waals surface area (Å²) in [7, 11) is 2.44. The van der Waals surface area contributed by atoms with Gasteiger partial charge in [0.05, 0.1) is 151 Å². The highest BCUT2D eigenvalue weighted by Crippen LogP contribution is 2.35. The van der Waals surface area contributed by atoms with Gasteiger partial charge in [0.1, 0.15) is 63.2 Å². The van der Waals surface area contributed by atoms with Crippen LogP contribution < -0.4 is 45.7 Å². The Morgan fingerprint density at radius 1 is 0.464 bits per heavy atom. The quantitative estimate of drug-likeness (QED) is 0.0192. The van der Waals surface area contributed by atoms with Crippen LogP contribution in [0.4, 0.5) is 61.3 Å². The average molecular weight is 1650 g/mol. The number of hydrogen-bond donors (Lipinski definition) is 4. The predicted molar refractivity (Wildman–Crippen MR) is 443 cm³/mol. The normalized spacial score (nSPS) is 15.5. The fourth-order valence-electron chi connectivity index (χ4n) is 11.4. The van der Waals surface area contributed by atoms with Crippen molar-refractivity contribution in [3.05, 3.63) is 148 Å². The summed E-state index contributed by atoms with van der Waals surface area (Å²) >= 11 is 8.16. The molecule has 0 radical (unpaired) electrons. The number of rotatable bonds is 29. The number of fused-ring (bicyclic) bond motifs is 3. The van der Waals surface area contributed by atoms with E-state index in [1.54, 1.807) is 106 Å². The first-order valence-corrected chi connectivity index (χ1v) is 47.0. The number of pyridine rings is 9. The zero-order valence-corrected chi connectivity index (χ0v) is 69.2. The molecule has 12 aromatic heterocycles. The molecule has 3 saturated heterocycles. The van der Waals surface area contributed by atoms with E-state index in [4.69, 9.17) is 53.6 Å². The van der Waals surface area contributed by atoms with Gasteiger partial charge in [0, 0.05) is 97.3 Å². The Labute approximate surface area is 661 Å². The fraction of sp³-hybridized carbons (Fsp3) is 0.400. The molecule has 3 atom stereocenters. The molecule has 578 valence electrons. The van der Waals surface area contributed by atoms with Crippen LogP contribution >= 0.6 is 49.9 Å². The molecule has 5 N–H and O–H groups in total. The summed E-state index contributed by atoms with van der Waals surface area (Å²) in [6.07, 6.45) is 25.0. The number of aromatic nitrogens is 15. The number of halogens is 1. The number of nitrogen functional groups attached to an aromatic ring is 1. The second kappa shape index (κ2) is 39.1. The van der Waals surface area contributed by atoms with Crippen LogP contribution in [0.3, 0.4) is 0 Å². The second-order valence-electron chi connectivity index (χ2n) is 28.5. The van der Waals surface area contributed by atoms with E-state index in [9.17, 15) is 0 Å². The smallest absolute Gasteiger partial charge is 0.215 e. The van der Waals surface area contributed by atoms with Crippen molar-refractivity contribution in [2.24, 2.45) is 0 Å². The molecule has 29 nitrogen and oxygen atoms in total. The van der Waals surface area contributed by atoms with Gasteiger partial charge in [-0.15, -0.1) is 30.6 Å². The molecule has 12 aromatic rings. The van der Waals surface area contributed by atoms with Crippen molar-refractivity contribution in [1.29, 1.82) is 0 Å². The van der Waals surface area contributed by atoms with E-state index in [0.717, 1.165) is 194 Å². The maximum atomic E-state index is 6.15. The van der Waals surface area contributed by atoms with Crippen molar-refractivity contribution >= 4 is 160 Å². The van der Waals surface area contributed by atoms with E-state index in [-0.39, 0.29) is 18.3 Å². The van der Waals surface area contributed by atoms with Crippen LogP contribution in [-0.2, 0) is 42.9 Å². The van der Waals surface area contributed by atoms with Crippen LogP contribution in [0.15, 0.2) is 133 Å². The number of hydrogen-bond acceptors (Lipinski definition) is 32. The molecule has 0 aromatic carbocycles. The lowest BCUT2D eigenvalue weighted by Crippen LogP contribution is -2.26. The molecule has 0 spiro atoms. The highest BCUT2D eigenvalue weighted by Gasteiger charge is 2.26. The molecule has 110 heavy (non-hydrogen) atoms. The minimum absolute atomic E-state index is 0.225. The summed E-state index contributed by atoms with van der Waals surface area (Å²) in [4.78, 5) is 44.1. The topological polar surface area (TPSA) is 336 Å². The van der Waals surface area contributed by atoms with Crippen LogP contribution in [0, 0.1) is 0 Å². The van der Waals surface area contributed by atoms with E-state index in [1.807, 2.05) is 76.5 Å². The van der Waals surface area contributed by atoms with E-state index in [0.29, 0.717) is 54.0 Å². The summed E-state index contributed by atoms with van der Waals surface area (Å²) in [6, 6.07) is 25.2. The number of ether oxygens (including phenoxy) is 8. The van der Waals surface area contributed by atoms with E-state index >= 15 is 0 Å². The van der Waals surface area contributed by atoms with Gasteiger partial charge in [0.25, 0.3) is 0 Å². The van der Waals surface area contributed by atoms with Crippen LogP contribution in [0.2, 0.25) is 51.4 Å². The van der Waals surface area contributed by atoms with Gasteiger partial charge < -0.3 is 59.6 Å². The first-order chi connectivity index (χ1) is 53.3. The summed E-state index contributed by atoms with van der Waals surface area (Å²) in [5.41, 5.74) is 14.0. The molecule has 3 aliphatic heterocycles. The Balaban J connectivity index is 0.000000146. The van der Waals surface area contributed by atoms with Gasteiger partial charge in [0.2, 0.25) is 15.4 Å². The van der Waals surface area contributed by atoms with Crippen molar-refractivity contribution in [2.45, 2.75) is 127 Å². The number of nitrogens with two attached hydrogens (primary N) is 1. The average Bonchev–Trinajstić information content (AvgIpc) is 0.939. The van der Waals surface area contributed by atoms with Gasteiger partial charge in [-0.1, -0.05) is 73.3 Å². The van der Waals surface area contributed by atoms with E-state index in [1.165, 1.54) is 11.3 Å². The summed E-state index contributed by atoms with van der Waals surface area (Å²) in [5.74, 6) is 4.25. The molecule has 3 aliphatic rings. The lowest BCUT2D eigenvalue weighted by molar-refractivity contribution is 0.111. The maximum absolute atomic E-state index is 6.15. The minimum Gasteiger partial charge on any atom is -0.495 e. The van der Waals surface area contributed by atoms with E-state index in [2.05, 4.69) is 137 Å². The maximum Gasteiger partial charge on any atom is 0.215 e. The molecule has 3 unspecified atom stereocenters.